The molecular formula is C16H23NO2. The summed E-state index contributed by atoms with van der Waals surface area (Å²) in [5.41, 5.74) is 1.14. The van der Waals surface area contributed by atoms with Gasteiger partial charge in [0.1, 0.15) is 11.5 Å². The predicted molar refractivity (Wildman–Crippen MR) is 77.8 cm³/mol. The van der Waals surface area contributed by atoms with Crippen molar-refractivity contribution in [1.29, 1.82) is 0 Å². The van der Waals surface area contributed by atoms with E-state index in [0.29, 0.717) is 5.78 Å². The highest BCUT2D eigenvalue weighted by Crippen LogP contribution is 2.24. The molecule has 3 heteroatoms. The third-order valence-corrected chi connectivity index (χ3v) is 3.94. The fourth-order valence-corrected chi connectivity index (χ4v) is 2.70. The maximum atomic E-state index is 12.0. The van der Waals surface area contributed by atoms with E-state index in [4.69, 9.17) is 4.74 Å². The number of methoxy groups -OCH3 is 1. The molecule has 0 aromatic heterocycles. The molecule has 1 aliphatic rings. The van der Waals surface area contributed by atoms with Gasteiger partial charge in [-0.2, -0.15) is 0 Å². The van der Waals surface area contributed by atoms with Crippen molar-refractivity contribution in [3.8, 4) is 5.75 Å². The molecular weight excluding hydrogens is 238 g/mol. The number of hydrogen-bond acceptors (Lipinski definition) is 3. The molecule has 19 heavy (non-hydrogen) atoms. The fourth-order valence-electron chi connectivity index (χ4n) is 2.70. The van der Waals surface area contributed by atoms with Crippen LogP contribution in [-0.4, -0.2) is 26.5 Å². The number of carbonyl (C=O) groups excluding carboxylic acids is 1. The Morgan fingerprint density at radius 1 is 1.21 bits per heavy atom. The lowest BCUT2D eigenvalue weighted by atomic mass is 9.98. The molecule has 3 nitrogen and oxygen atoms in total. The van der Waals surface area contributed by atoms with Crippen molar-refractivity contribution < 1.29 is 9.53 Å². The second-order valence-electron chi connectivity index (χ2n) is 5.34. The molecule has 0 spiro atoms. The Morgan fingerprint density at radius 3 is 2.63 bits per heavy atom. The highest BCUT2D eigenvalue weighted by molar-refractivity contribution is 5.81. The van der Waals surface area contributed by atoms with Crippen molar-refractivity contribution in [2.75, 3.05) is 25.6 Å². The Morgan fingerprint density at radius 2 is 1.95 bits per heavy atom. The van der Waals surface area contributed by atoms with Crippen LogP contribution in [0.2, 0.25) is 0 Å². The standard InChI is InChI=1S/C16H23NO2/c1-17(14-8-10-15(19-2)11-9-14)12-13-6-4-3-5-7-16(13)18/h8-11,13H,3-7,12H2,1-2H3. The van der Waals surface area contributed by atoms with E-state index in [1.807, 2.05) is 24.3 Å². The molecule has 0 bridgehead atoms. The van der Waals surface area contributed by atoms with Gasteiger partial charge in [-0.1, -0.05) is 12.8 Å². The average Bonchev–Trinajstić information content (AvgIpc) is 2.64. The summed E-state index contributed by atoms with van der Waals surface area (Å²) in [6.45, 7) is 0.825. The molecule has 1 aromatic carbocycles. The molecule has 0 saturated heterocycles. The first-order valence-corrected chi connectivity index (χ1v) is 7.08. The predicted octanol–water partition coefficient (Wildman–Crippen LogP) is 3.28. The van der Waals surface area contributed by atoms with E-state index >= 15 is 0 Å². The average molecular weight is 261 g/mol. The lowest BCUT2D eigenvalue weighted by Gasteiger charge is -2.24. The molecule has 0 aliphatic heterocycles. The summed E-state index contributed by atoms with van der Waals surface area (Å²) in [5.74, 6) is 1.51. The topological polar surface area (TPSA) is 29.5 Å². The van der Waals surface area contributed by atoms with Gasteiger partial charge in [0.2, 0.25) is 0 Å². The van der Waals surface area contributed by atoms with Crippen LogP contribution >= 0.6 is 0 Å². The van der Waals surface area contributed by atoms with Crippen molar-refractivity contribution >= 4 is 11.5 Å². The van der Waals surface area contributed by atoms with Crippen molar-refractivity contribution in [2.45, 2.75) is 32.1 Å². The first-order chi connectivity index (χ1) is 9.20. The number of ether oxygens (including phenoxy) is 1. The zero-order valence-electron chi connectivity index (χ0n) is 11.9. The van der Waals surface area contributed by atoms with E-state index in [2.05, 4.69) is 11.9 Å². The zero-order valence-corrected chi connectivity index (χ0v) is 11.9. The van der Waals surface area contributed by atoms with Gasteiger partial charge in [-0.3, -0.25) is 4.79 Å². The van der Waals surface area contributed by atoms with Crippen LogP contribution in [0.5, 0.6) is 5.75 Å². The lowest BCUT2D eigenvalue weighted by molar-refractivity contribution is -0.122. The number of ketones is 1. The number of benzene rings is 1. The molecule has 0 N–H and O–H groups in total. The van der Waals surface area contributed by atoms with Gasteiger partial charge in [0.25, 0.3) is 0 Å². The van der Waals surface area contributed by atoms with Gasteiger partial charge in [-0.15, -0.1) is 0 Å². The number of nitrogens with zero attached hydrogens (tertiary/aromatic N) is 1. The van der Waals surface area contributed by atoms with Gasteiger partial charge >= 0.3 is 0 Å². The van der Waals surface area contributed by atoms with E-state index < -0.39 is 0 Å². The Hall–Kier alpha value is -1.51. The molecule has 1 unspecified atom stereocenters. The van der Waals surface area contributed by atoms with Crippen LogP contribution in [0.25, 0.3) is 0 Å². The molecule has 104 valence electrons. The summed E-state index contributed by atoms with van der Waals surface area (Å²) < 4.78 is 5.16. The third-order valence-electron chi connectivity index (χ3n) is 3.94. The quantitative estimate of drug-likeness (QED) is 0.779. The van der Waals surface area contributed by atoms with Crippen LogP contribution in [0.1, 0.15) is 32.1 Å². The van der Waals surface area contributed by atoms with E-state index in [9.17, 15) is 4.79 Å². The van der Waals surface area contributed by atoms with E-state index in [-0.39, 0.29) is 5.92 Å². The molecule has 1 atom stereocenters. The van der Waals surface area contributed by atoms with Gasteiger partial charge in [0.05, 0.1) is 7.11 Å². The van der Waals surface area contributed by atoms with Crippen LogP contribution in [0.3, 0.4) is 0 Å². The van der Waals surface area contributed by atoms with Crippen LogP contribution < -0.4 is 9.64 Å². The maximum Gasteiger partial charge on any atom is 0.137 e. The minimum absolute atomic E-state index is 0.203. The van der Waals surface area contributed by atoms with Gasteiger partial charge in [0.15, 0.2) is 0 Å². The highest BCUT2D eigenvalue weighted by atomic mass is 16.5. The first-order valence-electron chi connectivity index (χ1n) is 7.08. The summed E-state index contributed by atoms with van der Waals surface area (Å²) in [6.07, 6.45) is 5.27. The van der Waals surface area contributed by atoms with E-state index in [1.54, 1.807) is 7.11 Å². The van der Waals surface area contributed by atoms with E-state index in [0.717, 1.165) is 37.2 Å². The SMILES string of the molecule is COc1ccc(N(C)CC2CCCCCC2=O)cc1. The minimum atomic E-state index is 0.203. The summed E-state index contributed by atoms with van der Waals surface area (Å²) >= 11 is 0. The van der Waals surface area contributed by atoms with Gasteiger partial charge in [-0.25, -0.2) is 0 Å². The molecule has 0 heterocycles. The summed E-state index contributed by atoms with van der Waals surface area (Å²) in [7, 11) is 3.73. The summed E-state index contributed by atoms with van der Waals surface area (Å²) in [4.78, 5) is 14.2. The zero-order chi connectivity index (χ0) is 13.7. The number of carbonyl (C=O) groups is 1. The van der Waals surface area contributed by atoms with Gasteiger partial charge in [0, 0.05) is 31.6 Å². The van der Waals surface area contributed by atoms with Gasteiger partial charge in [-0.05, 0) is 37.1 Å². The van der Waals surface area contributed by atoms with Crippen LogP contribution in [0.15, 0.2) is 24.3 Å². The number of anilines is 1. The Balaban J connectivity index is 1.98. The van der Waals surface area contributed by atoms with Crippen LogP contribution in [-0.2, 0) is 4.79 Å². The van der Waals surface area contributed by atoms with Crippen molar-refractivity contribution in [3.63, 3.8) is 0 Å². The molecule has 1 aliphatic carbocycles. The highest BCUT2D eigenvalue weighted by Gasteiger charge is 2.22. The second-order valence-corrected chi connectivity index (χ2v) is 5.34. The Kier molecular flexibility index (Phi) is 4.83. The lowest BCUT2D eigenvalue weighted by Crippen LogP contribution is -2.29. The summed E-state index contributed by atoms with van der Waals surface area (Å²) in [6, 6.07) is 8.00. The molecule has 0 radical (unpaired) electrons. The molecule has 2 rings (SSSR count). The van der Waals surface area contributed by atoms with Crippen molar-refractivity contribution in [3.05, 3.63) is 24.3 Å². The number of hydrogen-bond donors (Lipinski definition) is 0. The normalized spacial score (nSPS) is 19.9. The minimum Gasteiger partial charge on any atom is -0.497 e. The number of Topliss-reactive ketones (excluding diaryl/α,β-unsaturated/α-hetero) is 1. The van der Waals surface area contributed by atoms with E-state index in [1.165, 1.54) is 12.8 Å². The van der Waals surface area contributed by atoms with Crippen molar-refractivity contribution in [2.24, 2.45) is 5.92 Å². The Labute approximate surface area is 115 Å². The maximum absolute atomic E-state index is 12.0. The van der Waals surface area contributed by atoms with Crippen LogP contribution in [0, 0.1) is 5.92 Å². The van der Waals surface area contributed by atoms with Gasteiger partial charge < -0.3 is 9.64 Å². The monoisotopic (exact) mass is 261 g/mol. The van der Waals surface area contributed by atoms with Crippen LogP contribution in [0.4, 0.5) is 5.69 Å². The van der Waals surface area contributed by atoms with Crippen molar-refractivity contribution in [1.82, 2.24) is 0 Å². The molecule has 0 amide bonds. The Bertz CT molecular complexity index is 413. The first kappa shape index (κ1) is 13.9. The largest absolute Gasteiger partial charge is 0.497 e. The molecule has 1 saturated carbocycles. The smallest absolute Gasteiger partial charge is 0.137 e. The second kappa shape index (κ2) is 6.60. The summed E-state index contributed by atoms with van der Waals surface area (Å²) in [5, 5.41) is 0. The fraction of sp³-hybridized carbons (Fsp3) is 0.562. The third kappa shape index (κ3) is 3.72. The molecule has 1 fully saturated rings. The molecule has 1 aromatic rings. The number of rotatable bonds is 4.